The first-order valence-corrected chi connectivity index (χ1v) is 44.6. The predicted molar refractivity (Wildman–Crippen MR) is 332 cm³/mol. The van der Waals surface area contributed by atoms with Crippen LogP contribution in [0, 0.1) is 0 Å². The van der Waals surface area contributed by atoms with Crippen LogP contribution in [0.1, 0.15) is 108 Å². The van der Waals surface area contributed by atoms with Gasteiger partial charge in [-0.05, 0) is 137 Å². The number of carbonyl (C=O) groups excluding carboxylic acids is 1. The van der Waals surface area contributed by atoms with E-state index in [0.29, 0.717) is 72.6 Å². The van der Waals surface area contributed by atoms with Gasteiger partial charge in [0.2, 0.25) is 5.91 Å². The Balaban J connectivity index is 0.00000106. The van der Waals surface area contributed by atoms with E-state index < -0.39 is 62.3 Å². The maximum Gasteiger partial charge on any atom is 0.500 e. The Morgan fingerprint density at radius 3 is 1.28 bits per heavy atom. The van der Waals surface area contributed by atoms with Crippen LogP contribution in [-0.4, -0.2) is 189 Å². The fourth-order valence-corrected chi connectivity index (χ4v) is 24.4. The highest BCUT2D eigenvalue weighted by atomic mass is 28.5. The van der Waals surface area contributed by atoms with Gasteiger partial charge in [0.25, 0.3) is 0 Å². The molecule has 474 valence electrons. The molecule has 4 rings (SSSR count). The summed E-state index contributed by atoms with van der Waals surface area (Å²) in [6, 6.07) is 17.4. The number of rotatable bonds is 38. The molecule has 0 aromatic heterocycles. The minimum Gasteiger partial charge on any atom is -0.491 e. The lowest BCUT2D eigenvalue weighted by atomic mass is 9.78. The highest BCUT2D eigenvalue weighted by Crippen LogP contribution is 2.34. The first kappa shape index (κ1) is 79.3. The van der Waals surface area contributed by atoms with Crippen molar-refractivity contribution in [2.24, 2.45) is 0 Å². The van der Waals surface area contributed by atoms with Gasteiger partial charge < -0.3 is 90.5 Å². The van der Waals surface area contributed by atoms with Crippen molar-refractivity contribution in [3.8, 4) is 11.5 Å². The van der Waals surface area contributed by atoms with Crippen molar-refractivity contribution >= 4 is 68.3 Å². The minimum atomic E-state index is -3.35. The van der Waals surface area contributed by atoms with Crippen LogP contribution in [-0.2, 0) is 76.3 Å². The Morgan fingerprint density at radius 1 is 0.568 bits per heavy atom. The van der Waals surface area contributed by atoms with Gasteiger partial charge in [0.05, 0.1) is 13.2 Å². The summed E-state index contributed by atoms with van der Waals surface area (Å²) in [7, 11) is -17.4. The van der Waals surface area contributed by atoms with Gasteiger partial charge in [-0.25, -0.2) is 0 Å². The van der Waals surface area contributed by atoms with E-state index in [-0.39, 0.29) is 23.5 Å². The molecule has 0 spiro atoms. The number of amides is 1. The molecule has 2 aliphatic heterocycles. The molecule has 3 N–H and O–H groups in total. The van der Waals surface area contributed by atoms with Crippen LogP contribution in [0.25, 0.3) is 0 Å². The summed E-state index contributed by atoms with van der Waals surface area (Å²) in [6.07, 6.45) is 1.37. The Hall–Kier alpha value is -1.65. The van der Waals surface area contributed by atoms with E-state index in [2.05, 4.69) is 43.4 Å². The smallest absolute Gasteiger partial charge is 0.491 e. The van der Waals surface area contributed by atoms with Crippen molar-refractivity contribution in [2.45, 2.75) is 166 Å². The van der Waals surface area contributed by atoms with E-state index >= 15 is 0 Å². The van der Waals surface area contributed by atoms with E-state index in [1.807, 2.05) is 99.7 Å². The first-order valence-electron chi connectivity index (χ1n) is 28.9. The SMILES string of the molecule is CC(C)(c1ccc(OCC2CO2)cc1)c1ccc(OCC2CO2)cc1.CCO[SiH](C)OCC.CCO[SiH](C)O[Si](C)(OCC)O[Si](C)(OCC)O[Si](C)(O)OCC.CCO[Si](C)(C)O.CCO[Si](CCCNC(C)=O)(OCC)OCC. The van der Waals surface area contributed by atoms with Gasteiger partial charge in [-0.15, -0.1) is 0 Å². The second kappa shape index (κ2) is 43.0. The van der Waals surface area contributed by atoms with Gasteiger partial charge >= 0.3 is 62.3 Å². The molecule has 81 heavy (non-hydrogen) atoms. The first-order chi connectivity index (χ1) is 38.1. The van der Waals surface area contributed by atoms with Crippen LogP contribution in [0.3, 0.4) is 0 Å². The number of hydrogen-bond donors (Lipinski definition) is 3. The van der Waals surface area contributed by atoms with Crippen LogP contribution >= 0.6 is 0 Å². The summed E-state index contributed by atoms with van der Waals surface area (Å²) in [4.78, 5) is 30.0. The van der Waals surface area contributed by atoms with Crippen molar-refractivity contribution in [1.82, 2.24) is 5.32 Å². The average molecular weight is 1280 g/mol. The molecule has 6 atom stereocenters. The maximum atomic E-state index is 10.8. The van der Waals surface area contributed by atoms with E-state index in [4.69, 9.17) is 80.3 Å². The highest BCUT2D eigenvalue weighted by molar-refractivity contribution is 6.81. The van der Waals surface area contributed by atoms with Gasteiger partial charge in [0, 0.05) is 111 Å². The fourth-order valence-electron chi connectivity index (χ4n) is 7.49. The van der Waals surface area contributed by atoms with Crippen molar-refractivity contribution in [2.75, 3.05) is 99.0 Å². The van der Waals surface area contributed by atoms with Gasteiger partial charge in [-0.3, -0.25) is 4.79 Å². The zero-order valence-electron chi connectivity index (χ0n) is 53.2. The standard InChI is InChI=1S/C21H24O4.C12H34O8Si4.C11H25NO4Si.C5H14O2Si.C4H12O2Si/c1-21(2,15-3-7-17(8-4-15)22-11-19-13-24-19)16-5-9-18(10-6-16)23-12-20-14-25-20;1-9-14-21(5)18-23(7,16-11-3)20-24(8,17-12-4)19-22(6,13)15-10-2;1-5-14-17(15-6-2,16-7-3)10-8-9-12-11(4)13;1-4-6-8(3)7-5-2;1-4-6-7(2,3)5/h3-10,19-20H,11-14H2,1-2H3;13,21H,9-12H2,1-8H3;5-10H2,1-4H3,(H,12,13);8H,4-5H2,1-3H3;5H,4H2,1-3H3. The number of hydrogen-bond acceptors (Lipinski definition) is 20. The molecule has 0 saturated carbocycles. The quantitative estimate of drug-likeness (QED) is 0.0325. The molecule has 0 aliphatic carbocycles. The lowest BCUT2D eigenvalue weighted by Gasteiger charge is -2.38. The predicted octanol–water partition coefficient (Wildman–Crippen LogP) is 8.49. The van der Waals surface area contributed by atoms with E-state index in [0.717, 1.165) is 50.4 Å². The van der Waals surface area contributed by atoms with Gasteiger partial charge in [0.1, 0.15) is 36.9 Å². The number of nitrogens with one attached hydrogen (secondary N) is 1. The third-order valence-electron chi connectivity index (χ3n) is 11.0. The molecule has 2 aliphatic rings. The monoisotopic (exact) mass is 1280 g/mol. The molecule has 6 unspecified atom stereocenters. The topological polar surface area (TPSA) is 233 Å². The molecule has 1 amide bonds. The van der Waals surface area contributed by atoms with E-state index in [1.165, 1.54) is 18.1 Å². The molecule has 2 aromatic rings. The summed E-state index contributed by atoms with van der Waals surface area (Å²) in [5, 5.41) is 2.76. The number of benzene rings is 2. The average Bonchev–Trinajstić information content (AvgIpc) is 4.32. The summed E-state index contributed by atoms with van der Waals surface area (Å²) in [5.74, 6) is 1.77. The molecule has 28 heteroatoms. The molecule has 0 bridgehead atoms. The molecule has 2 aromatic carbocycles. The summed E-state index contributed by atoms with van der Waals surface area (Å²) in [5.41, 5.74) is 2.42. The summed E-state index contributed by atoms with van der Waals surface area (Å²) >= 11 is 0. The van der Waals surface area contributed by atoms with Crippen LogP contribution in [0.5, 0.6) is 11.5 Å². The van der Waals surface area contributed by atoms with Crippen LogP contribution in [0.4, 0.5) is 0 Å². The van der Waals surface area contributed by atoms with Crippen molar-refractivity contribution < 1.29 is 89.9 Å². The van der Waals surface area contributed by atoms with E-state index in [9.17, 15) is 9.59 Å². The lowest BCUT2D eigenvalue weighted by Crippen LogP contribution is -2.61. The number of epoxide rings is 2. The third kappa shape index (κ3) is 38.9. The Morgan fingerprint density at radius 2 is 0.951 bits per heavy atom. The number of carbonyl (C=O) groups is 1. The molecule has 2 saturated heterocycles. The minimum absolute atomic E-state index is 0.0125. The molecular formula is C53H109NO20Si7. The van der Waals surface area contributed by atoms with Crippen LogP contribution < -0.4 is 14.8 Å². The number of ether oxygens (including phenoxy) is 4. The van der Waals surface area contributed by atoms with Crippen molar-refractivity contribution in [3.05, 3.63) is 59.7 Å². The van der Waals surface area contributed by atoms with Crippen LogP contribution in [0.15, 0.2) is 48.5 Å². The Bertz CT molecular complexity index is 1790. The van der Waals surface area contributed by atoms with Crippen molar-refractivity contribution in [3.63, 3.8) is 0 Å². The largest absolute Gasteiger partial charge is 0.500 e. The van der Waals surface area contributed by atoms with E-state index in [1.54, 1.807) is 39.7 Å². The zero-order valence-corrected chi connectivity index (χ0v) is 60.5. The Labute approximate surface area is 497 Å². The van der Waals surface area contributed by atoms with Gasteiger partial charge in [-0.1, -0.05) is 38.1 Å². The molecule has 0 radical (unpaired) electrons. The van der Waals surface area contributed by atoms with Crippen LogP contribution in [0.2, 0.25) is 51.9 Å². The summed E-state index contributed by atoms with van der Waals surface area (Å²) < 4.78 is 94.6. The zero-order chi connectivity index (χ0) is 61.6. The molecule has 2 fully saturated rings. The highest BCUT2D eigenvalue weighted by Gasteiger charge is 2.53. The molecular weight excluding hydrogens is 1170 g/mol. The molecule has 21 nitrogen and oxygen atoms in total. The third-order valence-corrected chi connectivity index (χ3v) is 29.0. The second-order valence-electron chi connectivity index (χ2n) is 19.4. The normalized spacial score (nSPS) is 17.4. The van der Waals surface area contributed by atoms with Crippen molar-refractivity contribution in [1.29, 1.82) is 0 Å². The molecule has 2 heterocycles. The van der Waals surface area contributed by atoms with Gasteiger partial charge in [0.15, 0.2) is 0 Å². The fraction of sp³-hybridized carbons (Fsp3) is 0.755. The van der Waals surface area contributed by atoms with Gasteiger partial charge in [-0.2, -0.15) is 0 Å². The maximum absolute atomic E-state index is 10.8. The lowest BCUT2D eigenvalue weighted by molar-refractivity contribution is -0.119. The Kier molecular flexibility index (Phi) is 42.2. The second-order valence-corrected chi connectivity index (χ2v) is 37.3. The summed E-state index contributed by atoms with van der Waals surface area (Å²) in [6.45, 7) is 46.8.